The van der Waals surface area contributed by atoms with Crippen molar-refractivity contribution in [3.8, 4) is 0 Å². The molecule has 1 heterocycles. The van der Waals surface area contributed by atoms with Crippen molar-refractivity contribution >= 4 is 23.9 Å². The van der Waals surface area contributed by atoms with Crippen LogP contribution in [0.5, 0.6) is 0 Å². The molecule has 1 amide bonds. The van der Waals surface area contributed by atoms with Gasteiger partial charge in [0.1, 0.15) is 6.10 Å². The molecule has 1 aliphatic heterocycles. The highest BCUT2D eigenvalue weighted by Crippen LogP contribution is 2.32. The molecule has 0 spiro atoms. The molecule has 1 saturated heterocycles. The van der Waals surface area contributed by atoms with Gasteiger partial charge in [-0.15, -0.1) is 0 Å². The summed E-state index contributed by atoms with van der Waals surface area (Å²) in [5.74, 6) is 0.165. The van der Waals surface area contributed by atoms with E-state index in [-0.39, 0.29) is 5.91 Å². The number of amides is 1. The summed E-state index contributed by atoms with van der Waals surface area (Å²) in [7, 11) is 0. The van der Waals surface area contributed by atoms with E-state index < -0.39 is 0 Å². The van der Waals surface area contributed by atoms with Gasteiger partial charge >= 0.3 is 0 Å². The van der Waals surface area contributed by atoms with E-state index in [0.29, 0.717) is 30.3 Å². The Balaban J connectivity index is 1.76. The Morgan fingerprint density at radius 1 is 1.40 bits per heavy atom. The van der Waals surface area contributed by atoms with Crippen molar-refractivity contribution in [2.75, 3.05) is 19.6 Å². The zero-order valence-electron chi connectivity index (χ0n) is 12.4. The zero-order valence-corrected chi connectivity index (χ0v) is 13.2. The fourth-order valence-electron chi connectivity index (χ4n) is 2.68. The first-order chi connectivity index (χ1) is 9.74. The molecule has 2 rings (SSSR count). The molecule has 1 aliphatic carbocycles. The summed E-state index contributed by atoms with van der Waals surface area (Å²) < 4.78 is 9.05. The van der Waals surface area contributed by atoms with Crippen LogP contribution < -0.4 is 4.72 Å². The van der Waals surface area contributed by atoms with Crippen LogP contribution in [0.1, 0.15) is 46.0 Å². The van der Waals surface area contributed by atoms with E-state index in [4.69, 9.17) is 4.74 Å². The van der Waals surface area contributed by atoms with Crippen LogP contribution in [0.25, 0.3) is 0 Å². The zero-order chi connectivity index (χ0) is 14.4. The van der Waals surface area contributed by atoms with E-state index >= 15 is 0 Å². The molecule has 0 aromatic rings. The second-order valence-electron chi connectivity index (χ2n) is 5.20. The van der Waals surface area contributed by atoms with Gasteiger partial charge in [-0.25, -0.2) is 4.99 Å². The standard InChI is InChI=1S/C14H25N3O2S/c1-3-17(4-2)13(18)9-10-15-14-16-20-12-8-6-5-7-11(12)19-14/h11-12H,3-10H2,1-2H3,(H,15,16). The van der Waals surface area contributed by atoms with Crippen LogP contribution in [0.15, 0.2) is 4.99 Å². The van der Waals surface area contributed by atoms with Gasteiger partial charge < -0.3 is 9.64 Å². The van der Waals surface area contributed by atoms with Crippen molar-refractivity contribution in [3.63, 3.8) is 0 Å². The Kier molecular flexibility index (Phi) is 6.01. The van der Waals surface area contributed by atoms with E-state index in [1.807, 2.05) is 18.7 Å². The average molecular weight is 299 g/mol. The molecule has 1 N–H and O–H groups in total. The molecule has 0 aromatic carbocycles. The quantitative estimate of drug-likeness (QED) is 0.791. The van der Waals surface area contributed by atoms with Crippen LogP contribution in [0, 0.1) is 0 Å². The Hall–Kier alpha value is -0.910. The Morgan fingerprint density at radius 2 is 2.15 bits per heavy atom. The number of ether oxygens (including phenoxy) is 1. The van der Waals surface area contributed by atoms with Crippen LogP contribution in [0.4, 0.5) is 0 Å². The minimum absolute atomic E-state index is 0.165. The van der Waals surface area contributed by atoms with E-state index in [1.165, 1.54) is 19.3 Å². The van der Waals surface area contributed by atoms with Gasteiger partial charge in [-0.1, -0.05) is 6.42 Å². The Bertz CT molecular complexity index is 358. The van der Waals surface area contributed by atoms with Gasteiger partial charge in [-0.3, -0.25) is 9.52 Å². The van der Waals surface area contributed by atoms with Gasteiger partial charge in [-0.05, 0) is 45.1 Å². The molecule has 1 saturated carbocycles. The van der Waals surface area contributed by atoms with Gasteiger partial charge in [0, 0.05) is 19.5 Å². The highest BCUT2D eigenvalue weighted by Gasteiger charge is 2.32. The fraction of sp³-hybridized carbons (Fsp3) is 0.857. The van der Waals surface area contributed by atoms with E-state index in [1.54, 1.807) is 11.9 Å². The third-order valence-electron chi connectivity index (χ3n) is 3.90. The molecule has 20 heavy (non-hydrogen) atoms. The second-order valence-corrected chi connectivity index (χ2v) is 6.25. The van der Waals surface area contributed by atoms with Gasteiger partial charge in [0.25, 0.3) is 6.02 Å². The summed E-state index contributed by atoms with van der Waals surface area (Å²) in [6.07, 6.45) is 5.63. The number of rotatable bonds is 5. The van der Waals surface area contributed by atoms with Crippen molar-refractivity contribution in [1.29, 1.82) is 0 Å². The number of amidine groups is 1. The minimum atomic E-state index is 0.165. The van der Waals surface area contributed by atoms with Gasteiger partial charge in [-0.2, -0.15) is 0 Å². The topological polar surface area (TPSA) is 53.9 Å². The minimum Gasteiger partial charge on any atom is -0.460 e. The van der Waals surface area contributed by atoms with Crippen molar-refractivity contribution < 1.29 is 9.53 Å². The second kappa shape index (κ2) is 7.76. The average Bonchev–Trinajstić information content (AvgIpc) is 2.48. The van der Waals surface area contributed by atoms with Crippen LogP contribution in [-0.4, -0.2) is 47.8 Å². The molecule has 5 nitrogen and oxygen atoms in total. The molecule has 0 radical (unpaired) electrons. The summed E-state index contributed by atoms with van der Waals surface area (Å²) in [6.45, 7) is 6.02. The maximum absolute atomic E-state index is 11.9. The highest BCUT2D eigenvalue weighted by atomic mass is 32.2. The number of aliphatic imine (C=N–C) groups is 1. The molecule has 2 fully saturated rings. The smallest absolute Gasteiger partial charge is 0.295 e. The Labute approximate surface area is 125 Å². The van der Waals surface area contributed by atoms with Crippen molar-refractivity contribution in [3.05, 3.63) is 0 Å². The summed E-state index contributed by atoms with van der Waals surface area (Å²) in [5.41, 5.74) is 0. The van der Waals surface area contributed by atoms with Crippen LogP contribution in [-0.2, 0) is 9.53 Å². The monoisotopic (exact) mass is 299 g/mol. The number of carbonyl (C=O) groups is 1. The van der Waals surface area contributed by atoms with Gasteiger partial charge in [0.2, 0.25) is 5.91 Å². The number of nitrogens with one attached hydrogen (secondary N) is 1. The summed E-state index contributed by atoms with van der Waals surface area (Å²) in [5, 5.41) is 0.556. The molecule has 6 heteroatoms. The fourth-order valence-corrected chi connectivity index (χ4v) is 3.68. The molecule has 0 aromatic heterocycles. The lowest BCUT2D eigenvalue weighted by Crippen LogP contribution is -2.43. The molecule has 114 valence electrons. The lowest BCUT2D eigenvalue weighted by molar-refractivity contribution is -0.130. The molecular formula is C14H25N3O2S. The van der Waals surface area contributed by atoms with Gasteiger partial charge in [0.15, 0.2) is 0 Å². The van der Waals surface area contributed by atoms with Crippen molar-refractivity contribution in [2.24, 2.45) is 4.99 Å². The normalized spacial score (nSPS) is 27.4. The molecule has 2 unspecified atom stereocenters. The summed E-state index contributed by atoms with van der Waals surface area (Å²) in [6, 6.07) is 0.602. The molecule has 0 bridgehead atoms. The Morgan fingerprint density at radius 3 is 2.90 bits per heavy atom. The first kappa shape index (κ1) is 15.5. The van der Waals surface area contributed by atoms with Crippen molar-refractivity contribution in [1.82, 2.24) is 9.62 Å². The number of hydrogen-bond acceptors (Lipinski definition) is 4. The van der Waals surface area contributed by atoms with Crippen LogP contribution >= 0.6 is 11.9 Å². The predicted octanol–water partition coefficient (Wildman–Crippen LogP) is 2.18. The third kappa shape index (κ3) is 4.04. The predicted molar refractivity (Wildman–Crippen MR) is 82.7 cm³/mol. The molecular weight excluding hydrogens is 274 g/mol. The van der Waals surface area contributed by atoms with E-state index in [2.05, 4.69) is 9.71 Å². The lowest BCUT2D eigenvalue weighted by atomic mass is 9.97. The lowest BCUT2D eigenvalue weighted by Gasteiger charge is -2.35. The first-order valence-electron chi connectivity index (χ1n) is 7.65. The maximum Gasteiger partial charge on any atom is 0.295 e. The third-order valence-corrected chi connectivity index (χ3v) is 5.03. The van der Waals surface area contributed by atoms with Crippen LogP contribution in [0.3, 0.4) is 0 Å². The SMILES string of the molecule is CCN(CC)C(=O)CCN=C1NSC2CCCCC2O1. The molecule has 2 aliphatic rings. The molecule has 2 atom stereocenters. The summed E-state index contributed by atoms with van der Waals surface area (Å²) >= 11 is 1.73. The number of fused-ring (bicyclic) bond motifs is 1. The highest BCUT2D eigenvalue weighted by molar-refractivity contribution is 7.98. The number of carbonyl (C=O) groups excluding carboxylic acids is 1. The maximum atomic E-state index is 11.9. The van der Waals surface area contributed by atoms with E-state index in [9.17, 15) is 4.79 Å². The van der Waals surface area contributed by atoms with Crippen molar-refractivity contribution in [2.45, 2.75) is 57.3 Å². The summed E-state index contributed by atoms with van der Waals surface area (Å²) in [4.78, 5) is 18.1. The first-order valence-corrected chi connectivity index (χ1v) is 8.53. The van der Waals surface area contributed by atoms with Gasteiger partial charge in [0.05, 0.1) is 11.8 Å². The number of nitrogens with zero attached hydrogens (tertiary/aromatic N) is 2. The van der Waals surface area contributed by atoms with Crippen LogP contribution in [0.2, 0.25) is 0 Å². The van der Waals surface area contributed by atoms with E-state index in [0.717, 1.165) is 19.5 Å². The number of hydrogen-bond donors (Lipinski definition) is 1. The largest absolute Gasteiger partial charge is 0.460 e.